The largest absolute Gasteiger partial charge is 0.458 e. The average molecular weight is 1120 g/mol. The number of hydrogen-bond acceptors (Lipinski definition) is 6. The van der Waals surface area contributed by atoms with E-state index in [-0.39, 0.29) is 20.1 Å². The number of ether oxygens (including phenoxy) is 6. The monoisotopic (exact) mass is 1120 g/mol. The molecule has 12 aromatic carbocycles. The first-order valence-corrected chi connectivity index (χ1v) is 30.1. The third-order valence-corrected chi connectivity index (χ3v) is 19.2. The second kappa shape index (κ2) is 18.6. The molecule has 0 amide bonds. The maximum atomic E-state index is 7.38. The van der Waals surface area contributed by atoms with Crippen LogP contribution in [0.1, 0.15) is 33.4 Å². The highest BCUT2D eigenvalue weighted by molar-refractivity contribution is 7.02. The predicted octanol–water partition coefficient (Wildman–Crippen LogP) is 14.1. The fourth-order valence-electron chi connectivity index (χ4n) is 15.5. The Morgan fingerprint density at radius 3 is 0.805 bits per heavy atom. The average Bonchev–Trinajstić information content (AvgIpc) is 0.942. The van der Waals surface area contributed by atoms with Crippen LogP contribution in [0.25, 0.3) is 55.6 Å². The quantitative estimate of drug-likeness (QED) is 0.160. The molecule has 0 radical (unpaired) electrons. The molecule has 0 aromatic heterocycles. The summed E-state index contributed by atoms with van der Waals surface area (Å²) >= 11 is 0. The van der Waals surface area contributed by atoms with Gasteiger partial charge in [0.15, 0.2) is 0 Å². The van der Waals surface area contributed by atoms with Crippen molar-refractivity contribution in [1.29, 1.82) is 0 Å². The SMILES string of the molecule is Cc1cccc(C)c1-c1cc2c3c(c1)Oc1cc4c(cc1B3c1cc3c(cc1O2)Oc1cc(-c2c(C)cccc2C)cc2c1B3c1cccc(-c3ccccc3)c1O2)B1c2cccc(-c3ccccc3)c2Oc2cc(-c3c(C)cccc3C)cc(c21)O4. The first kappa shape index (κ1) is 50.0. The van der Waals surface area contributed by atoms with Gasteiger partial charge < -0.3 is 28.4 Å². The van der Waals surface area contributed by atoms with Gasteiger partial charge in [0.25, 0.3) is 20.1 Å². The summed E-state index contributed by atoms with van der Waals surface area (Å²) in [5.74, 6) is 9.23. The summed E-state index contributed by atoms with van der Waals surface area (Å²) < 4.78 is 43.9. The van der Waals surface area contributed by atoms with Crippen LogP contribution >= 0.6 is 0 Å². The van der Waals surface area contributed by atoms with Crippen molar-refractivity contribution in [2.45, 2.75) is 41.5 Å². The molecule has 0 fully saturated rings. The second-order valence-electron chi connectivity index (χ2n) is 24.4. The summed E-state index contributed by atoms with van der Waals surface area (Å²) in [5.41, 5.74) is 27.2. The van der Waals surface area contributed by atoms with Gasteiger partial charge in [0.1, 0.15) is 69.0 Å². The zero-order valence-electron chi connectivity index (χ0n) is 48.9. The van der Waals surface area contributed by atoms with E-state index < -0.39 is 0 Å². The molecule has 0 unspecified atom stereocenters. The summed E-state index contributed by atoms with van der Waals surface area (Å²) in [6.07, 6.45) is 0. The molecule has 6 aliphatic heterocycles. The number of rotatable bonds is 5. The topological polar surface area (TPSA) is 55.4 Å². The fourth-order valence-corrected chi connectivity index (χ4v) is 15.5. The molecule has 6 aliphatic rings. The standard InChI is InChI=1S/C78H53B3O6/c1-42-18-13-19-43(2)71(42)50-32-65-74-66(33-50)85-64-41-62-58(80-56-31-17-29-54(49-26-11-8-12-27-49)78(56)87-70-37-52(35-68(83-62)76(70)80)73-46(5)22-15-23-47(73)6)39-60(64)81(74)59-38-57-61(40-63(59)84-65)82-67-34-51(72-44(3)20-14-21-45(72)4)36-69-75(67)79(57)55-30-16-28-53(77(55)86-69)48-24-9-7-10-25-48/h7-41H,1-6H3. The van der Waals surface area contributed by atoms with Crippen molar-refractivity contribution in [3.8, 4) is 125 Å². The van der Waals surface area contributed by atoms with Gasteiger partial charge in [-0.25, -0.2) is 0 Å². The Morgan fingerprint density at radius 2 is 0.494 bits per heavy atom. The van der Waals surface area contributed by atoms with E-state index in [1.165, 1.54) is 44.5 Å². The maximum Gasteiger partial charge on any atom is 0.260 e. The summed E-state index contributed by atoms with van der Waals surface area (Å²) in [6.45, 7) is 12.2. The minimum Gasteiger partial charge on any atom is -0.458 e. The molecule has 0 atom stereocenters. The molecule has 410 valence electrons. The predicted molar refractivity (Wildman–Crippen MR) is 355 cm³/mol. The smallest absolute Gasteiger partial charge is 0.260 e. The highest BCUT2D eigenvalue weighted by atomic mass is 16.5. The van der Waals surface area contributed by atoms with Crippen LogP contribution in [0.15, 0.2) is 212 Å². The van der Waals surface area contributed by atoms with Gasteiger partial charge in [-0.1, -0.05) is 164 Å². The van der Waals surface area contributed by atoms with Crippen molar-refractivity contribution in [2.75, 3.05) is 0 Å². The summed E-state index contributed by atoms with van der Waals surface area (Å²) in [4.78, 5) is 0. The van der Waals surface area contributed by atoms with Crippen molar-refractivity contribution in [3.05, 3.63) is 246 Å². The second-order valence-corrected chi connectivity index (χ2v) is 24.4. The number of hydrogen-bond donors (Lipinski definition) is 0. The van der Waals surface area contributed by atoms with Crippen molar-refractivity contribution in [3.63, 3.8) is 0 Å². The summed E-state index contributed by atoms with van der Waals surface area (Å²) in [5, 5.41) is 0. The van der Waals surface area contributed by atoms with Crippen LogP contribution < -0.4 is 77.6 Å². The Hall–Kier alpha value is -10.4. The van der Waals surface area contributed by atoms with Crippen LogP contribution in [-0.2, 0) is 0 Å². The molecule has 0 aliphatic carbocycles. The normalized spacial score (nSPS) is 13.4. The first-order chi connectivity index (χ1) is 42.6. The molecule has 6 heterocycles. The van der Waals surface area contributed by atoms with Gasteiger partial charge in [-0.2, -0.15) is 0 Å². The molecule has 0 N–H and O–H groups in total. The zero-order valence-corrected chi connectivity index (χ0v) is 48.9. The van der Waals surface area contributed by atoms with E-state index in [4.69, 9.17) is 28.4 Å². The van der Waals surface area contributed by atoms with Gasteiger partial charge in [-0.05, 0) is 189 Å². The minimum atomic E-state index is -0.324. The lowest BCUT2D eigenvalue weighted by molar-refractivity contribution is 0.448. The molecule has 0 spiro atoms. The van der Waals surface area contributed by atoms with Gasteiger partial charge in [0.2, 0.25) is 0 Å². The molecule has 0 saturated carbocycles. The van der Waals surface area contributed by atoms with E-state index in [1.807, 2.05) is 0 Å². The number of fused-ring (bicyclic) bond motifs is 12. The maximum absolute atomic E-state index is 7.38. The Morgan fingerprint density at radius 1 is 0.218 bits per heavy atom. The summed E-state index contributed by atoms with van der Waals surface area (Å²) in [7, 11) is 0. The summed E-state index contributed by atoms with van der Waals surface area (Å²) in [6, 6.07) is 76.0. The van der Waals surface area contributed by atoms with Crippen molar-refractivity contribution in [1.82, 2.24) is 0 Å². The van der Waals surface area contributed by atoms with E-state index >= 15 is 0 Å². The van der Waals surface area contributed by atoms with Gasteiger partial charge in [0.05, 0.1) is 0 Å². The Labute approximate surface area is 506 Å². The lowest BCUT2D eigenvalue weighted by Crippen LogP contribution is -2.63. The van der Waals surface area contributed by atoms with E-state index in [1.54, 1.807) is 0 Å². The molecule has 6 nitrogen and oxygen atoms in total. The van der Waals surface area contributed by atoms with Gasteiger partial charge in [-0.3, -0.25) is 0 Å². The van der Waals surface area contributed by atoms with Crippen LogP contribution in [0.4, 0.5) is 0 Å². The lowest BCUT2D eigenvalue weighted by atomic mass is 9.30. The Balaban J connectivity index is 0.873. The van der Waals surface area contributed by atoms with Crippen molar-refractivity contribution < 1.29 is 28.4 Å². The number of aryl methyl sites for hydroxylation is 6. The zero-order chi connectivity index (χ0) is 58.1. The van der Waals surface area contributed by atoms with E-state index in [0.29, 0.717) is 0 Å². The van der Waals surface area contributed by atoms with Crippen molar-refractivity contribution in [2.24, 2.45) is 0 Å². The third kappa shape index (κ3) is 7.39. The molecular formula is C78H53B3O6. The van der Waals surface area contributed by atoms with Gasteiger partial charge in [-0.15, -0.1) is 0 Å². The molecule has 9 heteroatoms. The van der Waals surface area contributed by atoms with Gasteiger partial charge in [0, 0.05) is 39.6 Å². The van der Waals surface area contributed by atoms with Crippen molar-refractivity contribution >= 4 is 69.3 Å². The molecular weight excluding hydrogens is 1070 g/mol. The van der Waals surface area contributed by atoms with Crippen LogP contribution in [0.3, 0.4) is 0 Å². The van der Waals surface area contributed by atoms with Crippen LogP contribution in [0.2, 0.25) is 0 Å². The fraction of sp³-hybridized carbons (Fsp3) is 0.0769. The van der Waals surface area contributed by atoms with E-state index in [9.17, 15) is 0 Å². The van der Waals surface area contributed by atoms with Crippen LogP contribution in [0, 0.1) is 41.5 Å². The molecule has 0 saturated heterocycles. The molecule has 0 bridgehead atoms. The molecule has 18 rings (SSSR count). The molecule has 87 heavy (non-hydrogen) atoms. The Bertz CT molecular complexity index is 4690. The lowest BCUT2D eigenvalue weighted by Gasteiger charge is -2.38. The van der Waals surface area contributed by atoms with Gasteiger partial charge >= 0.3 is 0 Å². The minimum absolute atomic E-state index is 0.243. The van der Waals surface area contributed by atoms with E-state index in [2.05, 4.69) is 254 Å². The van der Waals surface area contributed by atoms with Crippen LogP contribution in [-0.4, -0.2) is 20.1 Å². The number of para-hydroxylation sites is 2. The molecule has 12 aromatic rings. The Kier molecular flexibility index (Phi) is 10.7. The van der Waals surface area contributed by atoms with Crippen LogP contribution in [0.5, 0.6) is 69.0 Å². The highest BCUT2D eigenvalue weighted by Gasteiger charge is 2.49. The third-order valence-electron chi connectivity index (χ3n) is 19.2. The highest BCUT2D eigenvalue weighted by Crippen LogP contribution is 2.48. The van der Waals surface area contributed by atoms with E-state index in [0.717, 1.165) is 163 Å². The number of benzene rings is 12. The first-order valence-electron chi connectivity index (χ1n) is 30.1.